The number of rotatable bonds is 5. The van der Waals surface area contributed by atoms with Gasteiger partial charge >= 0.3 is 6.18 Å². The quantitative estimate of drug-likeness (QED) is 0.442. The lowest BCUT2D eigenvalue weighted by Gasteiger charge is -2.40. The van der Waals surface area contributed by atoms with Crippen LogP contribution in [0.4, 0.5) is 29.1 Å². The topological polar surface area (TPSA) is 88.4 Å². The van der Waals surface area contributed by atoms with E-state index >= 15 is 0 Å². The van der Waals surface area contributed by atoms with Crippen LogP contribution in [0.1, 0.15) is 15.9 Å². The minimum atomic E-state index is -4.70. The molecule has 0 spiro atoms. The number of anilines is 1. The van der Waals surface area contributed by atoms with E-state index < -0.39 is 34.0 Å². The number of nitro groups is 1. The molecule has 29 heavy (non-hydrogen) atoms. The third kappa shape index (κ3) is 4.56. The molecule has 1 aliphatic rings. The highest BCUT2D eigenvalue weighted by Gasteiger charge is 2.32. The molecule has 1 saturated heterocycles. The van der Waals surface area contributed by atoms with Crippen LogP contribution in [0.3, 0.4) is 0 Å². The summed E-state index contributed by atoms with van der Waals surface area (Å²) in [6, 6.07) is 2.90. The summed E-state index contributed by atoms with van der Waals surface area (Å²) < 4.78 is 51.5. The first-order chi connectivity index (χ1) is 13.6. The Labute approximate surface area is 166 Å². The van der Waals surface area contributed by atoms with Crippen molar-refractivity contribution >= 4 is 29.0 Å². The number of carbonyl (C=O) groups excluding carboxylic acids is 1. The molecule has 7 nitrogen and oxygen atoms in total. The van der Waals surface area contributed by atoms with Crippen LogP contribution in [0.2, 0.25) is 5.02 Å². The predicted molar refractivity (Wildman–Crippen MR) is 95.3 cm³/mol. The molecule has 0 atom stereocenters. The van der Waals surface area contributed by atoms with Gasteiger partial charge in [-0.1, -0.05) is 11.6 Å². The maximum Gasteiger partial charge on any atom is 0.416 e. The average molecular weight is 433 g/mol. The zero-order valence-electron chi connectivity index (χ0n) is 14.5. The molecule has 1 fully saturated rings. The van der Waals surface area contributed by atoms with Gasteiger partial charge in [0.15, 0.2) is 0 Å². The first kappa shape index (κ1) is 20.8. The van der Waals surface area contributed by atoms with Crippen molar-refractivity contribution < 1.29 is 27.3 Å². The van der Waals surface area contributed by atoms with Crippen molar-refractivity contribution in [3.05, 3.63) is 62.5 Å². The maximum absolute atomic E-state index is 13.8. The number of alkyl halides is 3. The van der Waals surface area contributed by atoms with E-state index in [4.69, 9.17) is 11.6 Å². The molecule has 0 radical (unpaired) electrons. The SMILES string of the molecule is O=C(NCC1CN(c2ncc([N+](=O)[O-])cc2Cl)C1)c1ccc(C(F)(F)F)cc1F. The standard InChI is InChI=1S/C17H13ClF4N4O3/c18-13-4-11(26(28)29)6-23-15(13)25-7-9(8-25)5-24-16(27)12-2-1-10(3-14(12)19)17(20,21)22/h1-4,6,9H,5,7-8H2,(H,24,27). The first-order valence-electron chi connectivity index (χ1n) is 8.26. The Hall–Kier alpha value is -2.95. The van der Waals surface area contributed by atoms with Gasteiger partial charge in [0.1, 0.15) is 17.8 Å². The molecule has 1 amide bonds. The third-order valence-electron chi connectivity index (χ3n) is 4.37. The second-order valence-electron chi connectivity index (χ2n) is 6.43. The zero-order valence-corrected chi connectivity index (χ0v) is 15.3. The van der Waals surface area contributed by atoms with E-state index in [9.17, 15) is 32.5 Å². The minimum Gasteiger partial charge on any atom is -0.355 e. The van der Waals surface area contributed by atoms with Crippen molar-refractivity contribution in [2.24, 2.45) is 5.92 Å². The molecule has 0 bridgehead atoms. The van der Waals surface area contributed by atoms with Crippen LogP contribution >= 0.6 is 11.6 Å². The van der Waals surface area contributed by atoms with E-state index in [0.29, 0.717) is 25.0 Å². The van der Waals surface area contributed by atoms with Gasteiger partial charge < -0.3 is 10.2 Å². The van der Waals surface area contributed by atoms with Crippen molar-refractivity contribution in [1.29, 1.82) is 0 Å². The maximum atomic E-state index is 13.8. The summed E-state index contributed by atoms with van der Waals surface area (Å²) >= 11 is 6.00. The number of pyridine rings is 1. The number of hydrogen-bond donors (Lipinski definition) is 1. The number of carbonyl (C=O) groups is 1. The van der Waals surface area contributed by atoms with Crippen LogP contribution in [0.5, 0.6) is 0 Å². The lowest BCUT2D eigenvalue weighted by molar-refractivity contribution is -0.385. The number of halogens is 5. The molecule has 1 N–H and O–H groups in total. The van der Waals surface area contributed by atoms with Gasteiger partial charge in [0.25, 0.3) is 11.6 Å². The van der Waals surface area contributed by atoms with Crippen molar-refractivity contribution in [3.8, 4) is 0 Å². The number of aromatic nitrogens is 1. The molecule has 12 heteroatoms. The first-order valence-corrected chi connectivity index (χ1v) is 8.64. The van der Waals surface area contributed by atoms with Crippen molar-refractivity contribution in [3.63, 3.8) is 0 Å². The monoisotopic (exact) mass is 432 g/mol. The summed E-state index contributed by atoms with van der Waals surface area (Å²) in [6.45, 7) is 1.06. The van der Waals surface area contributed by atoms with Gasteiger partial charge in [-0.3, -0.25) is 14.9 Å². The Morgan fingerprint density at radius 2 is 2.03 bits per heavy atom. The molecule has 2 heterocycles. The average Bonchev–Trinajstić information content (AvgIpc) is 2.60. The number of nitrogens with one attached hydrogen (secondary N) is 1. The summed E-state index contributed by atoms with van der Waals surface area (Å²) in [5, 5.41) is 13.3. The third-order valence-corrected chi connectivity index (χ3v) is 4.65. The van der Waals surface area contributed by atoms with Crippen molar-refractivity contribution in [2.75, 3.05) is 24.5 Å². The highest BCUT2D eigenvalue weighted by atomic mass is 35.5. The fourth-order valence-corrected chi connectivity index (χ4v) is 3.11. The van der Waals surface area contributed by atoms with E-state index in [0.717, 1.165) is 12.3 Å². The molecule has 1 aromatic heterocycles. The zero-order chi connectivity index (χ0) is 21.3. The molecule has 2 aromatic rings. The largest absolute Gasteiger partial charge is 0.416 e. The summed E-state index contributed by atoms with van der Waals surface area (Å²) in [7, 11) is 0. The van der Waals surface area contributed by atoms with Gasteiger partial charge in [-0.05, 0) is 18.2 Å². The second-order valence-corrected chi connectivity index (χ2v) is 6.84. The Bertz CT molecular complexity index is 964. The molecule has 1 aliphatic heterocycles. The smallest absolute Gasteiger partial charge is 0.355 e. The fraction of sp³-hybridized carbons (Fsp3) is 0.294. The molecule has 0 aliphatic carbocycles. The van der Waals surface area contributed by atoms with Crippen molar-refractivity contribution in [1.82, 2.24) is 10.3 Å². The van der Waals surface area contributed by atoms with Gasteiger partial charge in [0, 0.05) is 31.6 Å². The number of nitrogens with zero attached hydrogens (tertiary/aromatic N) is 3. The van der Waals surface area contributed by atoms with Crippen LogP contribution < -0.4 is 10.2 Å². The van der Waals surface area contributed by atoms with E-state index in [1.165, 1.54) is 6.07 Å². The molecule has 154 valence electrons. The highest BCUT2D eigenvalue weighted by Crippen LogP contribution is 2.32. The van der Waals surface area contributed by atoms with Crippen LogP contribution in [0, 0.1) is 21.8 Å². The van der Waals surface area contributed by atoms with E-state index in [1.807, 2.05) is 0 Å². The van der Waals surface area contributed by atoms with Gasteiger partial charge in [-0.25, -0.2) is 9.37 Å². The summed E-state index contributed by atoms with van der Waals surface area (Å²) in [6.07, 6.45) is -3.61. The van der Waals surface area contributed by atoms with E-state index in [1.54, 1.807) is 4.90 Å². The van der Waals surface area contributed by atoms with Gasteiger partial charge in [0.2, 0.25) is 0 Å². The highest BCUT2D eigenvalue weighted by molar-refractivity contribution is 6.33. The van der Waals surface area contributed by atoms with Crippen LogP contribution in [-0.4, -0.2) is 35.4 Å². The van der Waals surface area contributed by atoms with Crippen molar-refractivity contribution in [2.45, 2.75) is 6.18 Å². The number of amides is 1. The molecule has 3 rings (SSSR count). The van der Waals surface area contributed by atoms with E-state index in [-0.39, 0.29) is 29.2 Å². The van der Waals surface area contributed by atoms with Gasteiger partial charge in [0.05, 0.1) is 21.1 Å². The predicted octanol–water partition coefficient (Wildman–Crippen LogP) is 3.67. The van der Waals surface area contributed by atoms with Crippen LogP contribution in [0.25, 0.3) is 0 Å². The Morgan fingerprint density at radius 1 is 1.34 bits per heavy atom. The molecule has 1 aromatic carbocycles. The lowest BCUT2D eigenvalue weighted by Crippen LogP contribution is -2.52. The fourth-order valence-electron chi connectivity index (χ4n) is 2.83. The molecular formula is C17H13ClF4N4O3. The molecule has 0 saturated carbocycles. The Kier molecular flexibility index (Phi) is 5.60. The van der Waals surface area contributed by atoms with Gasteiger partial charge in [-0.15, -0.1) is 0 Å². The second kappa shape index (κ2) is 7.82. The molecular weight excluding hydrogens is 420 g/mol. The summed E-state index contributed by atoms with van der Waals surface area (Å²) in [5.74, 6) is -1.73. The van der Waals surface area contributed by atoms with Gasteiger partial charge in [-0.2, -0.15) is 13.2 Å². The lowest BCUT2D eigenvalue weighted by atomic mass is 10.00. The Balaban J connectivity index is 1.54. The number of hydrogen-bond acceptors (Lipinski definition) is 5. The Morgan fingerprint density at radius 3 is 2.59 bits per heavy atom. The normalized spacial score (nSPS) is 14.4. The summed E-state index contributed by atoms with van der Waals surface area (Å²) in [4.78, 5) is 27.8. The van der Waals surface area contributed by atoms with Crippen LogP contribution in [-0.2, 0) is 6.18 Å². The minimum absolute atomic E-state index is 0.0236. The summed E-state index contributed by atoms with van der Waals surface area (Å²) in [5.41, 5.74) is -1.88. The van der Waals surface area contributed by atoms with E-state index in [2.05, 4.69) is 10.3 Å². The molecule has 0 unspecified atom stereocenters. The number of benzene rings is 1. The van der Waals surface area contributed by atoms with Crippen LogP contribution in [0.15, 0.2) is 30.5 Å².